The monoisotopic (exact) mass is 417 g/mol. The Bertz CT molecular complexity index is 819. The number of carbonyl (C=O) groups is 4. The van der Waals surface area contributed by atoms with E-state index in [2.05, 4.69) is 0 Å². The van der Waals surface area contributed by atoms with E-state index in [1.807, 2.05) is 6.07 Å². The van der Waals surface area contributed by atoms with Crippen molar-refractivity contribution in [2.45, 2.75) is 78.2 Å². The van der Waals surface area contributed by atoms with E-state index in [1.165, 1.54) is 6.92 Å². The van der Waals surface area contributed by atoms with Crippen LogP contribution in [-0.2, 0) is 28.7 Å². The van der Waals surface area contributed by atoms with Gasteiger partial charge in [-0.15, -0.1) is 0 Å². The van der Waals surface area contributed by atoms with Crippen LogP contribution >= 0.6 is 0 Å². The van der Waals surface area contributed by atoms with Crippen LogP contribution in [0.15, 0.2) is 30.3 Å². The number of nitrogens with zero attached hydrogens (tertiary/aromatic N) is 1. The first kappa shape index (κ1) is 23.6. The summed E-state index contributed by atoms with van der Waals surface area (Å²) in [6, 6.07) is 8.32. The predicted octanol–water partition coefficient (Wildman–Crippen LogP) is 3.22. The van der Waals surface area contributed by atoms with Crippen LogP contribution in [0.1, 0.15) is 67.0 Å². The van der Waals surface area contributed by atoms with Gasteiger partial charge >= 0.3 is 11.9 Å². The Balaban J connectivity index is 2.68. The van der Waals surface area contributed by atoms with Crippen molar-refractivity contribution in [1.29, 1.82) is 0 Å². The van der Waals surface area contributed by atoms with Crippen molar-refractivity contribution in [3.8, 4) is 0 Å². The van der Waals surface area contributed by atoms with Crippen LogP contribution in [-0.4, -0.2) is 45.3 Å². The van der Waals surface area contributed by atoms with Gasteiger partial charge in [-0.3, -0.25) is 9.59 Å². The fourth-order valence-electron chi connectivity index (χ4n) is 3.64. The number of amides is 1. The molecule has 2 rings (SSSR count). The number of carbonyl (C=O) groups excluding carboxylic acids is 4. The number of esters is 2. The van der Waals surface area contributed by atoms with E-state index in [-0.39, 0.29) is 0 Å². The number of Topliss-reactive ketones (excluding diaryl/α,β-unsaturated/α-hetero) is 1. The number of ketones is 1. The molecule has 1 aromatic carbocycles. The first-order valence-corrected chi connectivity index (χ1v) is 9.98. The molecule has 2 atom stereocenters. The zero-order chi connectivity index (χ0) is 23.1. The second kappa shape index (κ2) is 7.85. The summed E-state index contributed by atoms with van der Waals surface area (Å²) < 4.78 is 11.1. The molecule has 0 spiro atoms. The maximum Gasteiger partial charge on any atom is 0.345 e. The van der Waals surface area contributed by atoms with E-state index in [4.69, 9.17) is 9.47 Å². The van der Waals surface area contributed by atoms with Gasteiger partial charge in [0.25, 0.3) is 5.54 Å². The van der Waals surface area contributed by atoms with E-state index >= 15 is 0 Å². The molecular formula is C23H31NO6. The lowest BCUT2D eigenvalue weighted by Gasteiger charge is -2.55. The molecule has 1 aliphatic rings. The fourth-order valence-corrected chi connectivity index (χ4v) is 3.64. The van der Waals surface area contributed by atoms with Gasteiger partial charge in [-0.1, -0.05) is 30.3 Å². The van der Waals surface area contributed by atoms with Gasteiger partial charge in [-0.05, 0) is 61.0 Å². The molecule has 2 unspecified atom stereocenters. The van der Waals surface area contributed by atoms with Gasteiger partial charge in [0.05, 0.1) is 6.04 Å². The minimum Gasteiger partial charge on any atom is -0.458 e. The predicted molar refractivity (Wildman–Crippen MR) is 110 cm³/mol. The Kier molecular flexibility index (Phi) is 6.17. The van der Waals surface area contributed by atoms with Gasteiger partial charge in [0.1, 0.15) is 22.9 Å². The third-order valence-electron chi connectivity index (χ3n) is 4.78. The van der Waals surface area contributed by atoms with Crippen molar-refractivity contribution in [2.75, 3.05) is 0 Å². The van der Waals surface area contributed by atoms with E-state index in [9.17, 15) is 19.2 Å². The number of ether oxygens (including phenoxy) is 2. The molecule has 1 aromatic rings. The highest BCUT2D eigenvalue weighted by molar-refractivity contribution is 6.24. The molecule has 1 amide bonds. The second-order valence-corrected chi connectivity index (χ2v) is 9.61. The first-order chi connectivity index (χ1) is 13.6. The highest BCUT2D eigenvalue weighted by Crippen LogP contribution is 2.47. The van der Waals surface area contributed by atoms with Crippen LogP contribution in [0, 0.1) is 5.92 Å². The Morgan fingerprint density at radius 1 is 0.933 bits per heavy atom. The lowest BCUT2D eigenvalue weighted by Crippen LogP contribution is -2.81. The minimum absolute atomic E-state index is 0.590. The average Bonchev–Trinajstić information content (AvgIpc) is 2.56. The SMILES string of the molecule is CC(=O)C1C(=O)N(C(C)c2ccccc2)C1(C(=O)OC(C)(C)C)C(=O)OC(C)(C)C. The number of benzene rings is 1. The van der Waals surface area contributed by atoms with Gasteiger partial charge in [0.15, 0.2) is 0 Å². The number of hydrogen-bond acceptors (Lipinski definition) is 6. The topological polar surface area (TPSA) is 90.0 Å². The van der Waals surface area contributed by atoms with Crippen LogP contribution in [0.25, 0.3) is 0 Å². The van der Waals surface area contributed by atoms with Gasteiger partial charge in [0, 0.05) is 0 Å². The quantitative estimate of drug-likeness (QED) is 0.415. The van der Waals surface area contributed by atoms with Crippen molar-refractivity contribution >= 4 is 23.6 Å². The lowest BCUT2D eigenvalue weighted by atomic mass is 9.69. The molecule has 0 aliphatic carbocycles. The summed E-state index contributed by atoms with van der Waals surface area (Å²) in [7, 11) is 0. The molecule has 1 aliphatic heterocycles. The van der Waals surface area contributed by atoms with Gasteiger partial charge in [-0.25, -0.2) is 9.59 Å². The summed E-state index contributed by atoms with van der Waals surface area (Å²) >= 11 is 0. The summed E-state index contributed by atoms with van der Waals surface area (Å²) in [5.74, 6) is -4.61. The average molecular weight is 418 g/mol. The molecule has 1 fully saturated rings. The zero-order valence-corrected chi connectivity index (χ0v) is 18.9. The summed E-state index contributed by atoms with van der Waals surface area (Å²) in [6.07, 6.45) is 0. The third kappa shape index (κ3) is 4.25. The molecule has 7 nitrogen and oxygen atoms in total. The first-order valence-electron chi connectivity index (χ1n) is 9.98. The molecular weight excluding hydrogens is 386 g/mol. The van der Waals surface area contributed by atoms with E-state index < -0.39 is 52.3 Å². The number of β-lactam (4-membered cyclic amide) rings is 1. The summed E-state index contributed by atoms with van der Waals surface area (Å²) in [5.41, 5.74) is -3.34. The number of hydrogen-bond donors (Lipinski definition) is 0. The van der Waals surface area contributed by atoms with Crippen molar-refractivity contribution in [1.82, 2.24) is 4.90 Å². The van der Waals surface area contributed by atoms with Crippen molar-refractivity contribution in [3.63, 3.8) is 0 Å². The van der Waals surface area contributed by atoms with Crippen LogP contribution in [0.2, 0.25) is 0 Å². The van der Waals surface area contributed by atoms with Crippen molar-refractivity contribution in [3.05, 3.63) is 35.9 Å². The van der Waals surface area contributed by atoms with E-state index in [0.717, 1.165) is 4.90 Å². The third-order valence-corrected chi connectivity index (χ3v) is 4.78. The Morgan fingerprint density at radius 2 is 1.37 bits per heavy atom. The highest BCUT2D eigenvalue weighted by Gasteiger charge is 2.75. The summed E-state index contributed by atoms with van der Waals surface area (Å²) in [5, 5.41) is 0. The molecule has 164 valence electrons. The van der Waals surface area contributed by atoms with Gasteiger partial charge in [-0.2, -0.15) is 0 Å². The van der Waals surface area contributed by atoms with Gasteiger partial charge in [0.2, 0.25) is 5.91 Å². The number of likely N-dealkylation sites (tertiary alicyclic amines) is 1. The molecule has 1 saturated heterocycles. The highest BCUT2D eigenvalue weighted by atomic mass is 16.6. The van der Waals surface area contributed by atoms with Crippen LogP contribution in [0.5, 0.6) is 0 Å². The maximum atomic E-state index is 13.4. The zero-order valence-electron chi connectivity index (χ0n) is 18.9. The minimum atomic E-state index is -2.18. The second-order valence-electron chi connectivity index (χ2n) is 9.61. The normalized spacial score (nSPS) is 19.5. The largest absolute Gasteiger partial charge is 0.458 e. The molecule has 1 heterocycles. The van der Waals surface area contributed by atoms with E-state index in [1.54, 1.807) is 72.7 Å². The Hall–Kier alpha value is -2.70. The molecule has 30 heavy (non-hydrogen) atoms. The molecule has 0 radical (unpaired) electrons. The molecule has 0 N–H and O–H groups in total. The van der Waals surface area contributed by atoms with Crippen LogP contribution in [0.4, 0.5) is 0 Å². The van der Waals surface area contributed by atoms with Crippen LogP contribution < -0.4 is 0 Å². The molecule has 0 saturated carbocycles. The molecule has 7 heteroatoms. The maximum absolute atomic E-state index is 13.4. The van der Waals surface area contributed by atoms with Crippen molar-refractivity contribution in [2.24, 2.45) is 5.92 Å². The molecule has 0 bridgehead atoms. The van der Waals surface area contributed by atoms with Crippen molar-refractivity contribution < 1.29 is 28.7 Å². The molecule has 0 aromatic heterocycles. The standard InChI is InChI=1S/C23H31NO6/c1-14(16-12-10-9-11-13-16)24-18(26)17(15(2)25)23(24,19(27)29-21(3,4)5)20(28)30-22(6,7)8/h9-14,17H,1-8H3. The lowest BCUT2D eigenvalue weighted by molar-refractivity contribution is -0.216. The summed E-state index contributed by atoms with van der Waals surface area (Å²) in [4.78, 5) is 53.5. The Labute approximate surface area is 177 Å². The Morgan fingerprint density at radius 3 is 1.73 bits per heavy atom. The van der Waals surface area contributed by atoms with E-state index in [0.29, 0.717) is 5.56 Å². The van der Waals surface area contributed by atoms with Gasteiger partial charge < -0.3 is 14.4 Å². The summed E-state index contributed by atoms with van der Waals surface area (Å²) in [6.45, 7) is 12.8. The fraction of sp³-hybridized carbons (Fsp3) is 0.565. The number of rotatable bonds is 5. The smallest absolute Gasteiger partial charge is 0.345 e. The van der Waals surface area contributed by atoms with Crippen LogP contribution in [0.3, 0.4) is 0 Å².